The Morgan fingerprint density at radius 3 is 2.25 bits per heavy atom. The minimum Gasteiger partial charge on any atom is -0.381 e. The topological polar surface area (TPSA) is 12.5 Å². The molecule has 2 aliphatic heterocycles. The van der Waals surface area contributed by atoms with Crippen molar-refractivity contribution in [3.8, 4) is 0 Å². The summed E-state index contributed by atoms with van der Waals surface area (Å²) in [7, 11) is 1.86. The molecule has 0 radical (unpaired) electrons. The molecule has 2 unspecified atom stereocenters. The third-order valence-electron chi connectivity index (χ3n) is 3.48. The smallest absolute Gasteiger partial charge is 0.0652 e. The number of methoxy groups -OCH3 is 1. The lowest BCUT2D eigenvalue weighted by Gasteiger charge is -2.53. The van der Waals surface area contributed by atoms with Crippen LogP contribution in [0.2, 0.25) is 0 Å². The van der Waals surface area contributed by atoms with Crippen LogP contribution in [0.4, 0.5) is 0 Å². The molecule has 3 fully saturated rings. The lowest BCUT2D eigenvalue weighted by molar-refractivity contribution is -0.132. The number of piperidine rings is 2. The number of hydrogen-bond donors (Lipinski definition) is 0. The molecule has 12 heavy (non-hydrogen) atoms. The van der Waals surface area contributed by atoms with Gasteiger partial charge in [0.25, 0.3) is 0 Å². The Labute approximate surface area is 74.9 Å². The van der Waals surface area contributed by atoms with E-state index < -0.39 is 0 Å². The zero-order valence-corrected chi connectivity index (χ0v) is 8.29. The van der Waals surface area contributed by atoms with Gasteiger partial charge in [0, 0.05) is 26.2 Å². The Bertz CT molecular complexity index is 157. The van der Waals surface area contributed by atoms with E-state index in [2.05, 4.69) is 18.7 Å². The number of ether oxygens (including phenoxy) is 1. The van der Waals surface area contributed by atoms with E-state index in [0.717, 1.165) is 11.8 Å². The molecule has 0 aromatic carbocycles. The van der Waals surface area contributed by atoms with Crippen LogP contribution in [0, 0.1) is 11.8 Å². The van der Waals surface area contributed by atoms with Gasteiger partial charge < -0.3 is 9.64 Å². The van der Waals surface area contributed by atoms with Crippen LogP contribution < -0.4 is 0 Å². The molecule has 3 rings (SSSR count). The molecule has 70 valence electrons. The van der Waals surface area contributed by atoms with Crippen molar-refractivity contribution in [2.45, 2.75) is 32.4 Å². The SMILES string of the molecule is COC1C2CC1CN(C(C)C)C2. The first-order chi connectivity index (χ1) is 5.72. The van der Waals surface area contributed by atoms with Crippen LogP contribution in [-0.2, 0) is 4.74 Å². The highest BCUT2D eigenvalue weighted by molar-refractivity contribution is 4.98. The van der Waals surface area contributed by atoms with E-state index >= 15 is 0 Å². The molecular weight excluding hydrogens is 150 g/mol. The molecular formula is C10H19NO. The lowest BCUT2D eigenvalue weighted by Crippen LogP contribution is -2.60. The van der Waals surface area contributed by atoms with E-state index in [1.165, 1.54) is 19.5 Å². The maximum absolute atomic E-state index is 5.45. The predicted molar refractivity (Wildman–Crippen MR) is 49.1 cm³/mol. The number of nitrogens with zero attached hydrogens (tertiary/aromatic N) is 1. The highest BCUT2D eigenvalue weighted by Gasteiger charge is 2.47. The van der Waals surface area contributed by atoms with Crippen LogP contribution in [0.1, 0.15) is 20.3 Å². The summed E-state index contributed by atoms with van der Waals surface area (Å²) < 4.78 is 5.45. The number of hydrogen-bond acceptors (Lipinski definition) is 2. The van der Waals surface area contributed by atoms with Gasteiger partial charge in [0.2, 0.25) is 0 Å². The second kappa shape index (κ2) is 3.00. The van der Waals surface area contributed by atoms with Crippen molar-refractivity contribution in [1.29, 1.82) is 0 Å². The van der Waals surface area contributed by atoms with Gasteiger partial charge in [-0.05, 0) is 32.1 Å². The molecule has 0 N–H and O–H groups in total. The molecule has 3 aliphatic rings. The Morgan fingerprint density at radius 2 is 1.83 bits per heavy atom. The standard InChI is InChI=1S/C10H19NO/c1-7(2)11-5-8-4-9(6-11)10(8)12-3/h7-10H,4-6H2,1-3H3. The van der Waals surface area contributed by atoms with E-state index in [0.29, 0.717) is 12.1 Å². The summed E-state index contributed by atoms with van der Waals surface area (Å²) in [5, 5.41) is 0. The van der Waals surface area contributed by atoms with Crippen LogP contribution in [0.5, 0.6) is 0 Å². The monoisotopic (exact) mass is 169 g/mol. The van der Waals surface area contributed by atoms with Crippen LogP contribution in [0.3, 0.4) is 0 Å². The first kappa shape index (κ1) is 8.52. The average molecular weight is 169 g/mol. The maximum Gasteiger partial charge on any atom is 0.0652 e. The van der Waals surface area contributed by atoms with Crippen molar-refractivity contribution in [1.82, 2.24) is 4.90 Å². The largest absolute Gasteiger partial charge is 0.381 e. The van der Waals surface area contributed by atoms with Gasteiger partial charge >= 0.3 is 0 Å². The summed E-state index contributed by atoms with van der Waals surface area (Å²) in [4.78, 5) is 2.58. The van der Waals surface area contributed by atoms with E-state index in [-0.39, 0.29) is 0 Å². The highest BCUT2D eigenvalue weighted by Crippen LogP contribution is 2.42. The minimum atomic E-state index is 0.583. The maximum atomic E-state index is 5.45. The second-order valence-electron chi connectivity index (χ2n) is 4.50. The van der Waals surface area contributed by atoms with Crippen LogP contribution >= 0.6 is 0 Å². The zero-order chi connectivity index (χ0) is 8.72. The Balaban J connectivity index is 1.92. The fourth-order valence-corrected chi connectivity index (χ4v) is 2.69. The minimum absolute atomic E-state index is 0.583. The number of fused-ring (bicyclic) bond motifs is 2. The van der Waals surface area contributed by atoms with E-state index in [9.17, 15) is 0 Å². The van der Waals surface area contributed by atoms with Gasteiger partial charge in [0.05, 0.1) is 6.10 Å². The number of rotatable bonds is 2. The molecule has 2 atom stereocenters. The van der Waals surface area contributed by atoms with Crippen LogP contribution in [-0.4, -0.2) is 37.2 Å². The van der Waals surface area contributed by atoms with Crippen molar-refractivity contribution >= 4 is 0 Å². The molecule has 1 saturated carbocycles. The molecule has 2 heterocycles. The molecule has 2 heteroatoms. The first-order valence-corrected chi connectivity index (χ1v) is 4.99. The predicted octanol–water partition coefficient (Wildman–Crippen LogP) is 1.36. The van der Waals surface area contributed by atoms with Crippen molar-refractivity contribution in [2.75, 3.05) is 20.2 Å². The van der Waals surface area contributed by atoms with Gasteiger partial charge in [0.1, 0.15) is 0 Å². The molecule has 2 nitrogen and oxygen atoms in total. The van der Waals surface area contributed by atoms with Crippen molar-refractivity contribution in [2.24, 2.45) is 11.8 Å². The van der Waals surface area contributed by atoms with Gasteiger partial charge in [-0.2, -0.15) is 0 Å². The highest BCUT2D eigenvalue weighted by atomic mass is 16.5. The Kier molecular flexibility index (Phi) is 2.13. The normalized spacial score (nSPS) is 41.5. The summed E-state index contributed by atoms with van der Waals surface area (Å²) in [6.45, 7) is 7.08. The Hall–Kier alpha value is -0.0800. The van der Waals surface area contributed by atoms with Crippen molar-refractivity contribution in [3.05, 3.63) is 0 Å². The fraction of sp³-hybridized carbons (Fsp3) is 1.00. The summed E-state index contributed by atoms with van der Waals surface area (Å²) in [6.07, 6.45) is 1.99. The molecule has 0 amide bonds. The molecule has 0 aromatic rings. The fourth-order valence-electron chi connectivity index (χ4n) is 2.69. The third kappa shape index (κ3) is 1.17. The third-order valence-corrected chi connectivity index (χ3v) is 3.48. The van der Waals surface area contributed by atoms with Crippen LogP contribution in [0.15, 0.2) is 0 Å². The van der Waals surface area contributed by atoms with Crippen molar-refractivity contribution in [3.63, 3.8) is 0 Å². The molecule has 0 aromatic heterocycles. The van der Waals surface area contributed by atoms with Gasteiger partial charge in [-0.3, -0.25) is 0 Å². The van der Waals surface area contributed by atoms with Gasteiger partial charge in [0.15, 0.2) is 0 Å². The van der Waals surface area contributed by atoms with E-state index in [1.54, 1.807) is 0 Å². The summed E-state index contributed by atoms with van der Waals surface area (Å²) in [5.74, 6) is 1.66. The molecule has 1 aliphatic carbocycles. The lowest BCUT2D eigenvalue weighted by atomic mass is 9.68. The Morgan fingerprint density at radius 1 is 1.25 bits per heavy atom. The van der Waals surface area contributed by atoms with E-state index in [4.69, 9.17) is 4.74 Å². The first-order valence-electron chi connectivity index (χ1n) is 4.99. The average Bonchev–Trinajstić information content (AvgIpc) is 2.05. The summed E-state index contributed by atoms with van der Waals surface area (Å²) in [5.41, 5.74) is 0. The molecule has 2 bridgehead atoms. The zero-order valence-electron chi connectivity index (χ0n) is 8.29. The van der Waals surface area contributed by atoms with Gasteiger partial charge in [-0.25, -0.2) is 0 Å². The summed E-state index contributed by atoms with van der Waals surface area (Å²) >= 11 is 0. The van der Waals surface area contributed by atoms with Crippen LogP contribution in [0.25, 0.3) is 0 Å². The second-order valence-corrected chi connectivity index (χ2v) is 4.50. The quantitative estimate of drug-likeness (QED) is 0.619. The van der Waals surface area contributed by atoms with Crippen molar-refractivity contribution < 1.29 is 4.74 Å². The molecule has 2 saturated heterocycles. The van der Waals surface area contributed by atoms with Gasteiger partial charge in [-0.1, -0.05) is 0 Å². The molecule has 0 spiro atoms. The van der Waals surface area contributed by atoms with E-state index in [1.807, 2.05) is 7.11 Å². The van der Waals surface area contributed by atoms with Gasteiger partial charge in [-0.15, -0.1) is 0 Å². The summed E-state index contributed by atoms with van der Waals surface area (Å²) in [6, 6.07) is 0.716.